The highest BCUT2D eigenvalue weighted by molar-refractivity contribution is 5.88. The molecule has 6 heteroatoms. The normalized spacial score (nSPS) is 10.6. The highest BCUT2D eigenvalue weighted by atomic mass is 16.5. The third-order valence-electron chi connectivity index (χ3n) is 4.74. The van der Waals surface area contributed by atoms with Gasteiger partial charge in [0.2, 0.25) is 0 Å². The van der Waals surface area contributed by atoms with Gasteiger partial charge in [-0.2, -0.15) is 0 Å². The molecular formula is C25H22N2O4. The summed E-state index contributed by atoms with van der Waals surface area (Å²) in [4.78, 5) is 30.6. The molecule has 156 valence electrons. The highest BCUT2D eigenvalue weighted by Gasteiger charge is 2.13. The van der Waals surface area contributed by atoms with Crippen LogP contribution in [0.3, 0.4) is 0 Å². The van der Waals surface area contributed by atoms with Gasteiger partial charge < -0.3 is 19.4 Å². The molecule has 0 amide bonds. The summed E-state index contributed by atoms with van der Waals surface area (Å²) in [6.07, 6.45) is 0.512. The number of hydrogen-bond donors (Lipinski definition) is 2. The molecule has 2 heterocycles. The topological polar surface area (TPSA) is 84.2 Å². The second-order valence-electron chi connectivity index (χ2n) is 7.09. The SMILES string of the molecule is O=C(OCc1ccccc1)c1ccc(Cc2ccc(C(=O)OCc3ccccc3)[nH]2)[nH]1. The zero-order valence-electron chi connectivity index (χ0n) is 16.8. The van der Waals surface area contributed by atoms with E-state index in [1.807, 2.05) is 72.8 Å². The first-order valence-corrected chi connectivity index (χ1v) is 9.95. The number of rotatable bonds is 8. The van der Waals surface area contributed by atoms with Crippen molar-refractivity contribution in [2.45, 2.75) is 19.6 Å². The van der Waals surface area contributed by atoms with Crippen LogP contribution in [0.15, 0.2) is 84.9 Å². The first kappa shape index (κ1) is 20.2. The van der Waals surface area contributed by atoms with Crippen molar-refractivity contribution in [3.05, 3.63) is 119 Å². The van der Waals surface area contributed by atoms with Gasteiger partial charge in [0.25, 0.3) is 0 Å². The third kappa shape index (κ3) is 5.51. The van der Waals surface area contributed by atoms with Crippen molar-refractivity contribution >= 4 is 11.9 Å². The fraction of sp³-hybridized carbons (Fsp3) is 0.120. The number of H-pyrrole nitrogens is 2. The largest absolute Gasteiger partial charge is 0.456 e. The number of ether oxygens (including phenoxy) is 2. The molecule has 0 saturated heterocycles. The van der Waals surface area contributed by atoms with Crippen LogP contribution in [0.25, 0.3) is 0 Å². The molecule has 6 nitrogen and oxygen atoms in total. The van der Waals surface area contributed by atoms with Crippen LogP contribution >= 0.6 is 0 Å². The van der Waals surface area contributed by atoms with E-state index in [1.165, 1.54) is 0 Å². The number of aromatic amines is 2. The van der Waals surface area contributed by atoms with Gasteiger partial charge in [0.15, 0.2) is 0 Å². The van der Waals surface area contributed by atoms with Crippen LogP contribution in [0, 0.1) is 0 Å². The lowest BCUT2D eigenvalue weighted by Crippen LogP contribution is -2.06. The molecule has 0 spiro atoms. The molecule has 4 aromatic rings. The summed E-state index contributed by atoms with van der Waals surface area (Å²) in [7, 11) is 0. The van der Waals surface area contributed by atoms with Crippen molar-refractivity contribution in [1.82, 2.24) is 9.97 Å². The van der Waals surface area contributed by atoms with Crippen molar-refractivity contribution < 1.29 is 19.1 Å². The van der Waals surface area contributed by atoms with Crippen molar-refractivity contribution in [3.8, 4) is 0 Å². The Morgan fingerprint density at radius 3 is 1.42 bits per heavy atom. The molecule has 0 unspecified atom stereocenters. The van der Waals surface area contributed by atoms with E-state index in [1.54, 1.807) is 12.1 Å². The van der Waals surface area contributed by atoms with Gasteiger partial charge in [-0.05, 0) is 35.4 Å². The van der Waals surface area contributed by atoms with E-state index in [0.717, 1.165) is 22.5 Å². The lowest BCUT2D eigenvalue weighted by Gasteiger charge is -2.04. The number of benzene rings is 2. The zero-order valence-corrected chi connectivity index (χ0v) is 16.8. The number of nitrogens with one attached hydrogen (secondary N) is 2. The van der Waals surface area contributed by atoms with E-state index in [2.05, 4.69) is 9.97 Å². The molecule has 0 aliphatic carbocycles. The molecule has 0 aliphatic heterocycles. The van der Waals surface area contributed by atoms with Crippen LogP contribution in [-0.4, -0.2) is 21.9 Å². The molecule has 0 saturated carbocycles. The Hall–Kier alpha value is -4.06. The number of esters is 2. The van der Waals surface area contributed by atoms with E-state index in [9.17, 15) is 9.59 Å². The molecular weight excluding hydrogens is 392 g/mol. The maximum atomic E-state index is 12.2. The number of hydrogen-bond acceptors (Lipinski definition) is 4. The van der Waals surface area contributed by atoms with E-state index in [-0.39, 0.29) is 13.2 Å². The lowest BCUT2D eigenvalue weighted by molar-refractivity contribution is 0.0458. The van der Waals surface area contributed by atoms with Gasteiger partial charge in [-0.1, -0.05) is 60.7 Å². The molecule has 0 aliphatic rings. The van der Waals surface area contributed by atoms with Gasteiger partial charge in [-0.3, -0.25) is 0 Å². The van der Waals surface area contributed by atoms with Gasteiger partial charge in [-0.15, -0.1) is 0 Å². The first-order valence-electron chi connectivity index (χ1n) is 9.95. The second-order valence-corrected chi connectivity index (χ2v) is 7.09. The van der Waals surface area contributed by atoms with Gasteiger partial charge >= 0.3 is 11.9 Å². The minimum atomic E-state index is -0.410. The lowest BCUT2D eigenvalue weighted by atomic mass is 10.2. The minimum absolute atomic E-state index is 0.221. The smallest absolute Gasteiger partial charge is 0.355 e. The summed E-state index contributed by atoms with van der Waals surface area (Å²) >= 11 is 0. The van der Waals surface area contributed by atoms with E-state index in [0.29, 0.717) is 17.8 Å². The average Bonchev–Trinajstić information content (AvgIpc) is 3.47. The monoisotopic (exact) mass is 414 g/mol. The van der Waals surface area contributed by atoms with Crippen LogP contribution in [-0.2, 0) is 29.1 Å². The van der Waals surface area contributed by atoms with Crippen molar-refractivity contribution in [1.29, 1.82) is 0 Å². The van der Waals surface area contributed by atoms with Crippen molar-refractivity contribution in [2.24, 2.45) is 0 Å². The summed E-state index contributed by atoms with van der Waals surface area (Å²) in [5.41, 5.74) is 4.30. The minimum Gasteiger partial charge on any atom is -0.456 e. The Morgan fingerprint density at radius 1 is 0.581 bits per heavy atom. The van der Waals surface area contributed by atoms with Crippen molar-refractivity contribution in [3.63, 3.8) is 0 Å². The fourth-order valence-corrected chi connectivity index (χ4v) is 3.13. The summed E-state index contributed by atoms with van der Waals surface area (Å²) in [5, 5.41) is 0. The molecule has 2 aromatic heterocycles. The molecule has 2 aromatic carbocycles. The Morgan fingerprint density at radius 2 is 1.00 bits per heavy atom. The van der Waals surface area contributed by atoms with Crippen LogP contribution < -0.4 is 0 Å². The maximum Gasteiger partial charge on any atom is 0.355 e. The standard InChI is InChI=1S/C25H22N2O4/c28-24(30-16-18-7-3-1-4-8-18)22-13-11-20(26-22)15-21-12-14-23(27-21)25(29)31-17-19-9-5-2-6-10-19/h1-14,26-27H,15-17H2. The molecule has 4 rings (SSSR count). The van der Waals surface area contributed by atoms with E-state index >= 15 is 0 Å². The van der Waals surface area contributed by atoms with Crippen LogP contribution in [0.1, 0.15) is 43.5 Å². The Labute approximate surface area is 179 Å². The summed E-state index contributed by atoms with van der Waals surface area (Å²) in [6.45, 7) is 0.443. The third-order valence-corrected chi connectivity index (χ3v) is 4.74. The maximum absolute atomic E-state index is 12.2. The number of carbonyl (C=O) groups excluding carboxylic acids is 2. The highest BCUT2D eigenvalue weighted by Crippen LogP contribution is 2.13. The Kier molecular flexibility index (Phi) is 6.28. The van der Waals surface area contributed by atoms with Gasteiger partial charge in [0.05, 0.1) is 0 Å². The Bertz CT molecular complexity index is 1050. The molecule has 0 radical (unpaired) electrons. The first-order chi connectivity index (χ1) is 15.2. The van der Waals surface area contributed by atoms with Crippen LogP contribution in [0.4, 0.5) is 0 Å². The van der Waals surface area contributed by atoms with Gasteiger partial charge in [0.1, 0.15) is 24.6 Å². The predicted molar refractivity (Wildman–Crippen MR) is 116 cm³/mol. The Balaban J connectivity index is 1.30. The molecule has 0 bridgehead atoms. The van der Waals surface area contributed by atoms with Crippen LogP contribution in [0.5, 0.6) is 0 Å². The molecule has 31 heavy (non-hydrogen) atoms. The van der Waals surface area contributed by atoms with Crippen LogP contribution in [0.2, 0.25) is 0 Å². The zero-order chi connectivity index (χ0) is 21.5. The average molecular weight is 414 g/mol. The summed E-state index contributed by atoms with van der Waals surface area (Å²) < 4.78 is 10.7. The molecule has 0 fully saturated rings. The van der Waals surface area contributed by atoms with Gasteiger partial charge in [0, 0.05) is 17.8 Å². The number of carbonyl (C=O) groups is 2. The van der Waals surface area contributed by atoms with E-state index < -0.39 is 11.9 Å². The quantitative estimate of drug-likeness (QED) is 0.411. The number of aromatic nitrogens is 2. The van der Waals surface area contributed by atoms with Gasteiger partial charge in [-0.25, -0.2) is 9.59 Å². The molecule has 0 atom stereocenters. The molecule has 2 N–H and O–H groups in total. The van der Waals surface area contributed by atoms with Crippen molar-refractivity contribution in [2.75, 3.05) is 0 Å². The summed E-state index contributed by atoms with van der Waals surface area (Å²) in [5.74, 6) is -0.821. The van der Waals surface area contributed by atoms with E-state index in [4.69, 9.17) is 9.47 Å². The summed E-state index contributed by atoms with van der Waals surface area (Å²) in [6, 6.07) is 26.1. The second kappa shape index (κ2) is 9.63. The fourth-order valence-electron chi connectivity index (χ4n) is 3.13. The predicted octanol–water partition coefficient (Wildman–Crippen LogP) is 4.65.